The van der Waals surface area contributed by atoms with E-state index in [9.17, 15) is 4.91 Å². The zero-order chi connectivity index (χ0) is 15.2. The topological polar surface area (TPSA) is 72.6 Å². The highest BCUT2D eigenvalue weighted by Crippen LogP contribution is 2.35. The number of nitrogens with zero attached hydrogens (tertiary/aromatic N) is 3. The van der Waals surface area contributed by atoms with E-state index in [1.165, 1.54) is 0 Å². The smallest absolute Gasteiger partial charge is 0.146 e. The van der Waals surface area contributed by atoms with Gasteiger partial charge in [-0.05, 0) is 48.0 Å². The van der Waals surface area contributed by atoms with Crippen LogP contribution in [0.3, 0.4) is 0 Å². The van der Waals surface area contributed by atoms with Gasteiger partial charge in [-0.3, -0.25) is 0 Å². The molecule has 0 fully saturated rings. The van der Waals surface area contributed by atoms with Gasteiger partial charge in [-0.2, -0.15) is 5.11 Å². The van der Waals surface area contributed by atoms with Crippen molar-refractivity contribution in [2.24, 2.45) is 15.4 Å². The van der Waals surface area contributed by atoms with Gasteiger partial charge in [0.1, 0.15) is 22.9 Å². The molecule has 0 aliphatic rings. The first-order valence-electron chi connectivity index (χ1n) is 6.25. The van der Waals surface area contributed by atoms with Crippen molar-refractivity contribution in [1.29, 1.82) is 0 Å². The lowest BCUT2D eigenvalue weighted by Gasteiger charge is -2.09. The van der Waals surface area contributed by atoms with Crippen LogP contribution in [0.5, 0.6) is 11.5 Å². The summed E-state index contributed by atoms with van der Waals surface area (Å²) in [5.41, 5.74) is 2.49. The number of rotatable bonds is 5. The minimum atomic E-state index is 0.350. The van der Waals surface area contributed by atoms with Gasteiger partial charge in [-0.25, -0.2) is 0 Å². The minimum Gasteiger partial charge on any atom is -0.496 e. The Balaban J connectivity index is 2.32. The van der Waals surface area contributed by atoms with Gasteiger partial charge in [0.2, 0.25) is 0 Å². The van der Waals surface area contributed by atoms with Gasteiger partial charge < -0.3 is 9.47 Å². The average Bonchev–Trinajstić information content (AvgIpc) is 2.53. The molecular formula is C15H15N3O3. The molecule has 0 radical (unpaired) electrons. The molecule has 0 aromatic heterocycles. The lowest BCUT2D eigenvalue weighted by atomic mass is 10.2. The summed E-state index contributed by atoms with van der Waals surface area (Å²) in [6, 6.07) is 10.1. The van der Waals surface area contributed by atoms with Crippen LogP contribution in [0.25, 0.3) is 0 Å². The summed E-state index contributed by atoms with van der Waals surface area (Å²) in [6.07, 6.45) is 0. The van der Waals surface area contributed by atoms with Gasteiger partial charge in [0.25, 0.3) is 0 Å². The lowest BCUT2D eigenvalue weighted by Crippen LogP contribution is -1.90. The molecule has 2 rings (SSSR count). The third-order valence-corrected chi connectivity index (χ3v) is 2.92. The fraction of sp³-hybridized carbons (Fsp3) is 0.200. The molecule has 0 saturated carbocycles. The highest BCUT2D eigenvalue weighted by atomic mass is 16.5. The Morgan fingerprint density at radius 3 is 2.05 bits per heavy atom. The Morgan fingerprint density at radius 2 is 1.48 bits per heavy atom. The predicted octanol–water partition coefficient (Wildman–Crippen LogP) is 4.83. The van der Waals surface area contributed by atoms with E-state index in [0.717, 1.165) is 5.56 Å². The molecule has 0 amide bonds. The molecule has 0 aliphatic heterocycles. The van der Waals surface area contributed by atoms with Crippen LogP contribution in [0, 0.1) is 11.8 Å². The molecule has 0 spiro atoms. The molecule has 21 heavy (non-hydrogen) atoms. The summed E-state index contributed by atoms with van der Waals surface area (Å²) in [5, 5.41) is 11.1. The Labute approximate surface area is 122 Å². The largest absolute Gasteiger partial charge is 0.496 e. The Morgan fingerprint density at radius 1 is 0.857 bits per heavy atom. The van der Waals surface area contributed by atoms with Crippen LogP contribution in [-0.2, 0) is 0 Å². The molecule has 0 N–H and O–H groups in total. The third-order valence-electron chi connectivity index (χ3n) is 2.92. The highest BCUT2D eigenvalue weighted by Gasteiger charge is 2.08. The number of nitroso groups, excluding NO2 is 1. The summed E-state index contributed by atoms with van der Waals surface area (Å²) >= 11 is 0. The predicted molar refractivity (Wildman–Crippen MR) is 80.4 cm³/mol. The zero-order valence-corrected chi connectivity index (χ0v) is 12.0. The lowest BCUT2D eigenvalue weighted by molar-refractivity contribution is 0.401. The van der Waals surface area contributed by atoms with Crippen molar-refractivity contribution in [2.45, 2.75) is 6.92 Å². The second-order valence-electron chi connectivity index (χ2n) is 4.30. The molecule has 6 nitrogen and oxygen atoms in total. The van der Waals surface area contributed by atoms with Crippen LogP contribution in [0.4, 0.5) is 17.1 Å². The summed E-state index contributed by atoms with van der Waals surface area (Å²) in [5.74, 6) is 1.33. The first-order chi connectivity index (χ1) is 10.2. The van der Waals surface area contributed by atoms with E-state index in [1.807, 2.05) is 13.0 Å². The van der Waals surface area contributed by atoms with Crippen molar-refractivity contribution >= 4 is 17.1 Å². The molecule has 0 unspecified atom stereocenters. The molecule has 6 heteroatoms. The van der Waals surface area contributed by atoms with E-state index in [4.69, 9.17) is 9.47 Å². The monoisotopic (exact) mass is 285 g/mol. The van der Waals surface area contributed by atoms with Crippen LogP contribution in [0.15, 0.2) is 51.8 Å². The number of benzene rings is 2. The molecule has 0 bridgehead atoms. The van der Waals surface area contributed by atoms with Gasteiger partial charge in [-0.15, -0.1) is 10.0 Å². The van der Waals surface area contributed by atoms with Crippen LogP contribution < -0.4 is 9.47 Å². The van der Waals surface area contributed by atoms with Crippen LogP contribution >= 0.6 is 0 Å². The average molecular weight is 285 g/mol. The van der Waals surface area contributed by atoms with E-state index >= 15 is 0 Å². The summed E-state index contributed by atoms with van der Waals surface area (Å²) in [4.78, 5) is 10.3. The summed E-state index contributed by atoms with van der Waals surface area (Å²) in [6.45, 7) is 1.92. The van der Waals surface area contributed by atoms with Gasteiger partial charge in [0.15, 0.2) is 0 Å². The quantitative estimate of drug-likeness (QED) is 0.583. The van der Waals surface area contributed by atoms with E-state index in [1.54, 1.807) is 44.6 Å². The van der Waals surface area contributed by atoms with Gasteiger partial charge >= 0.3 is 0 Å². The molecule has 0 heterocycles. The van der Waals surface area contributed by atoms with Gasteiger partial charge in [-0.1, -0.05) is 0 Å². The van der Waals surface area contributed by atoms with Crippen molar-refractivity contribution in [3.05, 3.63) is 46.9 Å². The van der Waals surface area contributed by atoms with Crippen LogP contribution in [0.2, 0.25) is 0 Å². The van der Waals surface area contributed by atoms with Crippen molar-refractivity contribution in [2.75, 3.05) is 14.2 Å². The number of hydrogen-bond donors (Lipinski definition) is 0. The highest BCUT2D eigenvalue weighted by molar-refractivity contribution is 5.58. The Hall–Kier alpha value is -2.76. The number of hydrogen-bond acceptors (Lipinski definition) is 6. The molecular weight excluding hydrogens is 270 g/mol. The van der Waals surface area contributed by atoms with Crippen LogP contribution in [-0.4, -0.2) is 14.2 Å². The maximum Gasteiger partial charge on any atom is 0.146 e. The molecule has 0 aliphatic carbocycles. The normalized spacial score (nSPS) is 10.6. The standard InChI is InChI=1S/C15H15N3O3/c1-10-8-15(21-3)13(9-14(10)20-2)17-16-11-4-6-12(18-19)7-5-11/h4-9H,1-3H3. The SMILES string of the molecule is COc1cc(N=Nc2ccc(N=O)cc2)c(OC)cc1C. The number of ether oxygens (including phenoxy) is 2. The minimum absolute atomic E-state index is 0.350. The molecule has 0 atom stereocenters. The second kappa shape index (κ2) is 6.60. The third kappa shape index (κ3) is 3.42. The fourth-order valence-electron chi connectivity index (χ4n) is 1.80. The Bertz CT molecular complexity index is 667. The van der Waals surface area contributed by atoms with Gasteiger partial charge in [0, 0.05) is 6.07 Å². The van der Waals surface area contributed by atoms with Crippen molar-refractivity contribution in [1.82, 2.24) is 0 Å². The van der Waals surface area contributed by atoms with Crippen molar-refractivity contribution in [3.63, 3.8) is 0 Å². The summed E-state index contributed by atoms with van der Waals surface area (Å²) in [7, 11) is 3.17. The fourth-order valence-corrected chi connectivity index (χ4v) is 1.80. The molecule has 2 aromatic carbocycles. The van der Waals surface area contributed by atoms with Gasteiger partial charge in [0.05, 0.1) is 19.9 Å². The van der Waals surface area contributed by atoms with E-state index < -0.39 is 0 Å². The number of azo groups is 1. The first kappa shape index (κ1) is 14.6. The van der Waals surface area contributed by atoms with Crippen molar-refractivity contribution < 1.29 is 9.47 Å². The van der Waals surface area contributed by atoms with Crippen molar-refractivity contribution in [3.8, 4) is 11.5 Å². The molecule has 0 saturated heterocycles. The second-order valence-corrected chi connectivity index (χ2v) is 4.30. The maximum absolute atomic E-state index is 10.3. The number of aryl methyl sites for hydroxylation is 1. The molecule has 2 aromatic rings. The van der Waals surface area contributed by atoms with E-state index in [0.29, 0.717) is 28.6 Å². The van der Waals surface area contributed by atoms with Crippen LogP contribution in [0.1, 0.15) is 5.56 Å². The number of methoxy groups -OCH3 is 2. The first-order valence-corrected chi connectivity index (χ1v) is 6.25. The Kier molecular flexibility index (Phi) is 4.61. The molecule has 108 valence electrons. The van der Waals surface area contributed by atoms with E-state index in [-0.39, 0.29) is 0 Å². The van der Waals surface area contributed by atoms with E-state index in [2.05, 4.69) is 15.4 Å². The zero-order valence-electron chi connectivity index (χ0n) is 12.0. The maximum atomic E-state index is 10.3. The summed E-state index contributed by atoms with van der Waals surface area (Å²) < 4.78 is 10.5.